The summed E-state index contributed by atoms with van der Waals surface area (Å²) in [6, 6.07) is 5.09. The van der Waals surface area contributed by atoms with Gasteiger partial charge < -0.3 is 5.32 Å². The van der Waals surface area contributed by atoms with Crippen LogP contribution < -0.4 is 5.32 Å². The van der Waals surface area contributed by atoms with Crippen molar-refractivity contribution in [2.45, 2.75) is 18.6 Å². The molecule has 1 aromatic carbocycles. The summed E-state index contributed by atoms with van der Waals surface area (Å²) >= 11 is 3.77. The van der Waals surface area contributed by atoms with E-state index in [0.29, 0.717) is 3.57 Å². The molecule has 0 aliphatic carbocycles. The second-order valence-electron chi connectivity index (χ2n) is 4.24. The highest BCUT2D eigenvalue weighted by atomic mass is 127. The molecule has 1 N–H and O–H groups in total. The number of hydrogen-bond acceptors (Lipinski definition) is 4. The second-order valence-corrected chi connectivity index (χ2v) is 6.92. The first-order valence-corrected chi connectivity index (χ1v) is 7.39. The van der Waals surface area contributed by atoms with Crippen LogP contribution in [0.15, 0.2) is 18.2 Å². The van der Waals surface area contributed by atoms with Gasteiger partial charge in [0.1, 0.15) is 0 Å². The third-order valence-electron chi connectivity index (χ3n) is 2.42. The summed E-state index contributed by atoms with van der Waals surface area (Å²) in [6.45, 7) is 5.13. The molecule has 0 radical (unpaired) electrons. The first-order chi connectivity index (χ1) is 7.85. The van der Waals surface area contributed by atoms with E-state index in [4.69, 9.17) is 0 Å². The van der Waals surface area contributed by atoms with Crippen LogP contribution in [0.2, 0.25) is 0 Å². The van der Waals surface area contributed by atoms with Crippen molar-refractivity contribution in [1.29, 1.82) is 0 Å². The fourth-order valence-electron chi connectivity index (χ4n) is 1.15. The topological polar surface area (TPSA) is 55.2 Å². The lowest BCUT2D eigenvalue weighted by Crippen LogP contribution is -2.25. The molecule has 0 atom stereocenters. The molecule has 0 amide bonds. The van der Waals surface area contributed by atoms with Gasteiger partial charge >= 0.3 is 0 Å². The molecule has 0 aliphatic rings. The number of halogens is 1. The fourth-order valence-corrected chi connectivity index (χ4v) is 2.08. The van der Waals surface area contributed by atoms with Gasteiger partial charge in [-0.1, -0.05) is 0 Å². The molecule has 1 aromatic rings. The van der Waals surface area contributed by atoms with E-state index in [1.165, 1.54) is 6.07 Å². The number of anilines is 1. The normalized spacial score (nSPS) is 11.3. The molecule has 4 nitrogen and oxygen atoms in total. The molecular weight excluding hydrogens is 351 g/mol. The van der Waals surface area contributed by atoms with Crippen LogP contribution in [0.25, 0.3) is 0 Å². The summed E-state index contributed by atoms with van der Waals surface area (Å²) in [7, 11) is 0. The minimum Gasteiger partial charge on any atom is -0.384 e. The first-order valence-electron chi connectivity index (χ1n) is 5.09. The summed E-state index contributed by atoms with van der Waals surface area (Å²) in [5, 5.41) is 14.0. The molecule has 6 heteroatoms. The first kappa shape index (κ1) is 14.6. The highest BCUT2D eigenvalue weighted by Gasteiger charge is 2.16. The predicted molar refractivity (Wildman–Crippen MR) is 81.9 cm³/mol. The Morgan fingerprint density at radius 3 is 2.65 bits per heavy atom. The van der Waals surface area contributed by atoms with E-state index in [1.54, 1.807) is 23.9 Å². The zero-order valence-electron chi connectivity index (χ0n) is 9.99. The number of thioether (sulfide) groups is 1. The number of hydrogen-bond donors (Lipinski definition) is 1. The van der Waals surface area contributed by atoms with Crippen LogP contribution in [0, 0.1) is 13.7 Å². The van der Waals surface area contributed by atoms with Crippen molar-refractivity contribution < 1.29 is 4.92 Å². The number of nitro benzene ring substituents is 1. The predicted octanol–water partition coefficient (Wildman–Crippen LogP) is 3.75. The van der Waals surface area contributed by atoms with Gasteiger partial charge in [-0.25, -0.2) is 0 Å². The van der Waals surface area contributed by atoms with Crippen LogP contribution in [0.5, 0.6) is 0 Å². The minimum absolute atomic E-state index is 0.146. The smallest absolute Gasteiger partial charge is 0.282 e. The fraction of sp³-hybridized carbons (Fsp3) is 0.455. The molecule has 0 aliphatic heterocycles. The number of nitro groups is 1. The Labute approximate surface area is 119 Å². The maximum Gasteiger partial charge on any atom is 0.282 e. The van der Waals surface area contributed by atoms with Crippen LogP contribution in [0.1, 0.15) is 13.8 Å². The van der Waals surface area contributed by atoms with Crippen LogP contribution in [-0.4, -0.2) is 22.5 Å². The minimum atomic E-state index is -0.364. The lowest BCUT2D eigenvalue weighted by molar-refractivity contribution is -0.385. The van der Waals surface area contributed by atoms with E-state index in [0.717, 1.165) is 12.2 Å². The SMILES string of the molecule is CSC(C)(C)CNc1ccc([N+](=O)[O-])c(I)c1. The van der Waals surface area contributed by atoms with Crippen molar-refractivity contribution in [1.82, 2.24) is 0 Å². The number of rotatable bonds is 5. The van der Waals surface area contributed by atoms with Crippen molar-refractivity contribution in [2.75, 3.05) is 18.1 Å². The molecule has 94 valence electrons. The Hall–Kier alpha value is -0.500. The maximum absolute atomic E-state index is 10.7. The zero-order valence-corrected chi connectivity index (χ0v) is 13.0. The van der Waals surface area contributed by atoms with Crippen molar-refractivity contribution in [2.24, 2.45) is 0 Å². The quantitative estimate of drug-likeness (QED) is 0.490. The van der Waals surface area contributed by atoms with Crippen molar-refractivity contribution in [3.63, 3.8) is 0 Å². The van der Waals surface area contributed by atoms with Gasteiger partial charge in [-0.2, -0.15) is 11.8 Å². The number of nitrogens with zero attached hydrogens (tertiary/aromatic N) is 1. The van der Waals surface area contributed by atoms with Gasteiger partial charge in [-0.3, -0.25) is 10.1 Å². The van der Waals surface area contributed by atoms with Crippen molar-refractivity contribution in [3.05, 3.63) is 31.9 Å². The molecule has 0 aromatic heterocycles. The van der Waals surface area contributed by atoms with Gasteiger partial charge in [0.15, 0.2) is 0 Å². The summed E-state index contributed by atoms with van der Waals surface area (Å²) in [6.07, 6.45) is 2.07. The lowest BCUT2D eigenvalue weighted by atomic mass is 10.2. The molecule has 0 saturated carbocycles. The van der Waals surface area contributed by atoms with Crippen LogP contribution in [-0.2, 0) is 0 Å². The Morgan fingerprint density at radius 2 is 2.18 bits per heavy atom. The van der Waals surface area contributed by atoms with E-state index in [1.807, 2.05) is 22.6 Å². The van der Waals surface area contributed by atoms with Gasteiger partial charge in [-0.15, -0.1) is 0 Å². The largest absolute Gasteiger partial charge is 0.384 e. The molecule has 0 saturated heterocycles. The summed E-state index contributed by atoms with van der Waals surface area (Å²) in [5.74, 6) is 0. The lowest BCUT2D eigenvalue weighted by Gasteiger charge is -2.22. The zero-order chi connectivity index (χ0) is 13.1. The summed E-state index contributed by atoms with van der Waals surface area (Å²) in [4.78, 5) is 10.3. The molecule has 17 heavy (non-hydrogen) atoms. The molecule has 0 spiro atoms. The molecule has 0 unspecified atom stereocenters. The standard InChI is InChI=1S/C11H15IN2O2S/c1-11(2,17-3)7-13-8-4-5-10(14(15)16)9(12)6-8/h4-6,13H,7H2,1-3H3. The maximum atomic E-state index is 10.7. The van der Waals surface area contributed by atoms with Crippen molar-refractivity contribution >= 4 is 45.7 Å². The molecule has 1 rings (SSSR count). The Bertz CT molecular complexity index is 424. The molecule has 0 heterocycles. The third-order valence-corrected chi connectivity index (χ3v) is 4.53. The van der Waals surface area contributed by atoms with E-state index in [2.05, 4.69) is 25.4 Å². The van der Waals surface area contributed by atoms with Crippen LogP contribution >= 0.6 is 34.4 Å². The Morgan fingerprint density at radius 1 is 1.53 bits per heavy atom. The average molecular weight is 366 g/mol. The average Bonchev–Trinajstić information content (AvgIpc) is 2.26. The Kier molecular flexibility index (Phi) is 5.05. The van der Waals surface area contributed by atoms with Crippen LogP contribution in [0.4, 0.5) is 11.4 Å². The van der Waals surface area contributed by atoms with Gasteiger partial charge in [-0.05, 0) is 54.8 Å². The van der Waals surface area contributed by atoms with Gasteiger partial charge in [0.25, 0.3) is 5.69 Å². The third kappa shape index (κ3) is 4.34. The highest BCUT2D eigenvalue weighted by molar-refractivity contribution is 14.1. The molecule has 0 bridgehead atoms. The number of benzene rings is 1. The molecular formula is C11H15IN2O2S. The monoisotopic (exact) mass is 366 g/mol. The van der Waals surface area contributed by atoms with Gasteiger partial charge in [0.05, 0.1) is 8.49 Å². The highest BCUT2D eigenvalue weighted by Crippen LogP contribution is 2.26. The Balaban J connectivity index is 2.75. The summed E-state index contributed by atoms with van der Waals surface area (Å²) < 4.78 is 0.798. The van der Waals surface area contributed by atoms with Crippen LogP contribution in [0.3, 0.4) is 0 Å². The number of nitrogens with one attached hydrogen (secondary N) is 1. The van der Waals surface area contributed by atoms with E-state index >= 15 is 0 Å². The van der Waals surface area contributed by atoms with E-state index < -0.39 is 0 Å². The van der Waals surface area contributed by atoms with E-state index in [-0.39, 0.29) is 15.4 Å². The van der Waals surface area contributed by atoms with E-state index in [9.17, 15) is 10.1 Å². The van der Waals surface area contributed by atoms with Gasteiger partial charge in [0.2, 0.25) is 0 Å². The summed E-state index contributed by atoms with van der Waals surface area (Å²) in [5.41, 5.74) is 1.07. The van der Waals surface area contributed by atoms with Gasteiger partial charge in [0, 0.05) is 23.0 Å². The van der Waals surface area contributed by atoms with Crippen molar-refractivity contribution in [3.8, 4) is 0 Å². The second kappa shape index (κ2) is 5.90. The molecule has 0 fully saturated rings.